The first kappa shape index (κ1) is 16.6. The third-order valence-corrected chi connectivity index (χ3v) is 5.43. The molecule has 0 amide bonds. The van der Waals surface area contributed by atoms with Gasteiger partial charge in [0.2, 0.25) is 0 Å². The van der Waals surface area contributed by atoms with Gasteiger partial charge in [0, 0.05) is 22.8 Å². The molecular formula is C17H23BN2O2S. The van der Waals surface area contributed by atoms with Crippen LogP contribution in [-0.4, -0.2) is 34.4 Å². The lowest BCUT2D eigenvalue weighted by molar-refractivity contribution is 0.00578. The van der Waals surface area contributed by atoms with Gasteiger partial charge in [-0.25, -0.2) is 0 Å². The van der Waals surface area contributed by atoms with Crippen LogP contribution < -0.4 is 5.46 Å². The Balaban J connectivity index is 1.71. The van der Waals surface area contributed by atoms with Crippen molar-refractivity contribution in [3.63, 3.8) is 0 Å². The summed E-state index contributed by atoms with van der Waals surface area (Å²) in [6.45, 7) is 8.99. The van der Waals surface area contributed by atoms with Gasteiger partial charge < -0.3 is 9.31 Å². The average Bonchev–Trinajstić information content (AvgIpc) is 3.03. The van der Waals surface area contributed by atoms with E-state index in [1.54, 1.807) is 11.8 Å². The molecule has 1 fully saturated rings. The summed E-state index contributed by atoms with van der Waals surface area (Å²) >= 11 is 1.75. The molecule has 6 heteroatoms. The smallest absolute Gasteiger partial charge is 0.399 e. The summed E-state index contributed by atoms with van der Waals surface area (Å²) in [5.74, 6) is 0. The highest BCUT2D eigenvalue weighted by Gasteiger charge is 2.52. The van der Waals surface area contributed by atoms with Crippen LogP contribution in [0.25, 0.3) is 0 Å². The Labute approximate surface area is 142 Å². The Bertz CT molecular complexity index is 666. The van der Waals surface area contributed by atoms with Gasteiger partial charge in [0.25, 0.3) is 0 Å². The molecule has 23 heavy (non-hydrogen) atoms. The van der Waals surface area contributed by atoms with Crippen molar-refractivity contribution < 1.29 is 9.31 Å². The van der Waals surface area contributed by atoms with Crippen molar-refractivity contribution in [2.24, 2.45) is 0 Å². The van der Waals surface area contributed by atoms with E-state index in [-0.39, 0.29) is 18.3 Å². The van der Waals surface area contributed by atoms with Crippen LogP contribution in [0.5, 0.6) is 0 Å². The van der Waals surface area contributed by atoms with Gasteiger partial charge in [0.05, 0.1) is 17.7 Å². The standard InChI is InChI=1S/C17H23BN2O2S/c1-16(2)17(3,4)22-18(21-16)14-10-19-20(12-14)11-13-6-8-15(23-5)9-7-13/h6-10,12H,11H2,1-5H3. The molecular weight excluding hydrogens is 307 g/mol. The fourth-order valence-corrected chi connectivity index (χ4v) is 2.89. The van der Waals surface area contributed by atoms with E-state index in [0.717, 1.165) is 12.0 Å². The first-order valence-electron chi connectivity index (χ1n) is 7.82. The number of nitrogens with zero attached hydrogens (tertiary/aromatic N) is 2. The van der Waals surface area contributed by atoms with Crippen LogP contribution in [0.4, 0.5) is 0 Å². The third-order valence-electron chi connectivity index (χ3n) is 4.68. The van der Waals surface area contributed by atoms with Crippen molar-refractivity contribution in [3.8, 4) is 0 Å². The molecule has 1 aliphatic rings. The van der Waals surface area contributed by atoms with Gasteiger partial charge in [0.15, 0.2) is 0 Å². The molecule has 3 rings (SSSR count). The fraction of sp³-hybridized carbons (Fsp3) is 0.471. The number of hydrogen-bond donors (Lipinski definition) is 0. The minimum atomic E-state index is -0.354. The Morgan fingerprint density at radius 1 is 1.09 bits per heavy atom. The van der Waals surface area contributed by atoms with Crippen molar-refractivity contribution in [3.05, 3.63) is 42.2 Å². The van der Waals surface area contributed by atoms with Crippen molar-refractivity contribution in [2.75, 3.05) is 6.26 Å². The van der Waals surface area contributed by atoms with Gasteiger partial charge in [-0.3, -0.25) is 4.68 Å². The summed E-state index contributed by atoms with van der Waals surface area (Å²) in [6.07, 6.45) is 5.92. The van der Waals surface area contributed by atoms with Crippen LogP contribution in [0, 0.1) is 0 Å². The predicted octanol–water partition coefficient (Wildman–Crippen LogP) is 2.95. The van der Waals surface area contributed by atoms with E-state index >= 15 is 0 Å². The van der Waals surface area contributed by atoms with Crippen molar-refractivity contribution in [2.45, 2.75) is 50.3 Å². The molecule has 122 valence electrons. The number of hydrogen-bond acceptors (Lipinski definition) is 4. The first-order chi connectivity index (χ1) is 10.8. The summed E-state index contributed by atoms with van der Waals surface area (Å²) < 4.78 is 14.1. The zero-order chi connectivity index (χ0) is 16.7. The molecule has 2 aromatic rings. The fourth-order valence-electron chi connectivity index (χ4n) is 2.48. The Morgan fingerprint density at radius 3 is 2.26 bits per heavy atom. The van der Waals surface area contributed by atoms with Crippen LogP contribution >= 0.6 is 11.8 Å². The summed E-state index contributed by atoms with van der Waals surface area (Å²) in [5, 5.41) is 4.45. The lowest BCUT2D eigenvalue weighted by atomic mass is 9.82. The maximum absolute atomic E-state index is 6.07. The Kier molecular flexibility index (Phi) is 4.34. The maximum Gasteiger partial charge on any atom is 0.498 e. The van der Waals surface area contributed by atoms with Gasteiger partial charge >= 0.3 is 7.12 Å². The normalized spacial score (nSPS) is 19.3. The second-order valence-electron chi connectivity index (χ2n) is 6.91. The molecule has 1 saturated heterocycles. The molecule has 2 heterocycles. The number of rotatable bonds is 4. The van der Waals surface area contributed by atoms with Gasteiger partial charge in [0.1, 0.15) is 0 Å². The van der Waals surface area contributed by atoms with Gasteiger partial charge in [-0.05, 0) is 51.6 Å². The van der Waals surface area contributed by atoms with Crippen LogP contribution in [0.2, 0.25) is 0 Å². The first-order valence-corrected chi connectivity index (χ1v) is 9.04. The minimum Gasteiger partial charge on any atom is -0.399 e. The van der Waals surface area contributed by atoms with Crippen molar-refractivity contribution in [1.82, 2.24) is 9.78 Å². The lowest BCUT2D eigenvalue weighted by Gasteiger charge is -2.32. The predicted molar refractivity (Wildman–Crippen MR) is 95.3 cm³/mol. The van der Waals surface area contributed by atoms with Crippen molar-refractivity contribution in [1.29, 1.82) is 0 Å². The van der Waals surface area contributed by atoms with E-state index in [1.165, 1.54) is 10.5 Å². The molecule has 0 aliphatic carbocycles. The molecule has 4 nitrogen and oxygen atoms in total. The molecule has 0 radical (unpaired) electrons. The second kappa shape index (κ2) is 6.00. The molecule has 0 spiro atoms. The largest absolute Gasteiger partial charge is 0.498 e. The van der Waals surface area contributed by atoms with Gasteiger partial charge in [-0.2, -0.15) is 5.10 Å². The van der Waals surface area contributed by atoms with E-state index in [2.05, 4.69) is 63.3 Å². The summed E-state index contributed by atoms with van der Waals surface area (Å²) in [5.41, 5.74) is 1.54. The van der Waals surface area contributed by atoms with E-state index in [0.29, 0.717) is 0 Å². The lowest BCUT2D eigenvalue weighted by Crippen LogP contribution is -2.41. The number of thioether (sulfide) groups is 1. The minimum absolute atomic E-state index is 0.326. The highest BCUT2D eigenvalue weighted by molar-refractivity contribution is 7.98. The van der Waals surface area contributed by atoms with E-state index in [1.807, 2.05) is 17.1 Å². The molecule has 1 aromatic carbocycles. The quantitative estimate of drug-likeness (QED) is 0.638. The maximum atomic E-state index is 6.07. The van der Waals surface area contributed by atoms with E-state index < -0.39 is 0 Å². The number of aromatic nitrogens is 2. The monoisotopic (exact) mass is 330 g/mol. The van der Waals surface area contributed by atoms with Crippen molar-refractivity contribution >= 4 is 24.3 Å². The molecule has 0 saturated carbocycles. The molecule has 0 N–H and O–H groups in total. The molecule has 0 atom stereocenters. The molecule has 0 unspecified atom stereocenters. The van der Waals surface area contributed by atoms with Crippen LogP contribution in [0.15, 0.2) is 41.6 Å². The SMILES string of the molecule is CSc1ccc(Cn2cc(B3OC(C)(C)C(C)(C)O3)cn2)cc1. The molecule has 1 aromatic heterocycles. The van der Waals surface area contributed by atoms with Crippen LogP contribution in [-0.2, 0) is 15.9 Å². The van der Waals surface area contributed by atoms with E-state index in [4.69, 9.17) is 9.31 Å². The van der Waals surface area contributed by atoms with Gasteiger partial charge in [-0.15, -0.1) is 11.8 Å². The summed E-state index contributed by atoms with van der Waals surface area (Å²) in [7, 11) is -0.354. The van der Waals surface area contributed by atoms with E-state index in [9.17, 15) is 0 Å². The number of benzene rings is 1. The Morgan fingerprint density at radius 2 is 1.70 bits per heavy atom. The zero-order valence-electron chi connectivity index (χ0n) is 14.4. The summed E-state index contributed by atoms with van der Waals surface area (Å²) in [6, 6.07) is 8.56. The third kappa shape index (κ3) is 3.34. The highest BCUT2D eigenvalue weighted by atomic mass is 32.2. The second-order valence-corrected chi connectivity index (χ2v) is 7.79. The highest BCUT2D eigenvalue weighted by Crippen LogP contribution is 2.36. The molecule has 0 bridgehead atoms. The van der Waals surface area contributed by atoms with Crippen LogP contribution in [0.3, 0.4) is 0 Å². The summed E-state index contributed by atoms with van der Waals surface area (Å²) in [4.78, 5) is 1.27. The average molecular weight is 330 g/mol. The topological polar surface area (TPSA) is 36.3 Å². The zero-order valence-corrected chi connectivity index (χ0v) is 15.2. The molecule has 1 aliphatic heterocycles. The van der Waals surface area contributed by atoms with Gasteiger partial charge in [-0.1, -0.05) is 12.1 Å². The Hall–Kier alpha value is -1.24. The van der Waals surface area contributed by atoms with Crippen LogP contribution in [0.1, 0.15) is 33.3 Å².